The van der Waals surface area contributed by atoms with Crippen molar-refractivity contribution in [1.82, 2.24) is 20.4 Å². The summed E-state index contributed by atoms with van der Waals surface area (Å²) in [5.74, 6) is 3.66. The quantitative estimate of drug-likeness (QED) is 0.135. The molecule has 1 N–H and O–H groups in total. The third-order valence-electron chi connectivity index (χ3n) is 9.14. The van der Waals surface area contributed by atoms with Gasteiger partial charge in [-0.05, 0) is 96.1 Å². The van der Waals surface area contributed by atoms with Crippen molar-refractivity contribution in [1.29, 1.82) is 0 Å². The fraction of sp³-hybridized carbons (Fsp3) is 0.400. The average Bonchev–Trinajstić information content (AvgIpc) is 3.53. The molecule has 3 aromatic carbocycles. The van der Waals surface area contributed by atoms with E-state index < -0.39 is 6.04 Å². The molecular weight excluding hydrogens is 600 g/mol. The third kappa shape index (κ3) is 8.79. The van der Waals surface area contributed by atoms with Crippen molar-refractivity contribution >= 4 is 16.7 Å². The largest absolute Gasteiger partial charge is 0.494 e. The van der Waals surface area contributed by atoms with Crippen molar-refractivity contribution in [3.8, 4) is 17.2 Å². The van der Waals surface area contributed by atoms with Gasteiger partial charge in [-0.15, -0.1) is 0 Å². The Morgan fingerprint density at radius 2 is 1.65 bits per heavy atom. The molecule has 2 aromatic heterocycles. The topological polar surface area (TPSA) is 99.4 Å². The Hall–Kier alpha value is -4.72. The lowest BCUT2D eigenvalue weighted by Crippen LogP contribution is -2.31. The van der Waals surface area contributed by atoms with Crippen molar-refractivity contribution in [2.45, 2.75) is 90.5 Å². The first kappa shape index (κ1) is 33.2. The molecule has 2 heterocycles. The van der Waals surface area contributed by atoms with Crippen LogP contribution in [0.5, 0.6) is 17.2 Å². The molecule has 0 unspecified atom stereocenters. The van der Waals surface area contributed by atoms with E-state index in [-0.39, 0.29) is 17.0 Å². The van der Waals surface area contributed by atoms with Crippen molar-refractivity contribution in [2.75, 3.05) is 6.61 Å². The van der Waals surface area contributed by atoms with Gasteiger partial charge in [0.15, 0.2) is 5.82 Å². The molecule has 0 saturated heterocycles. The van der Waals surface area contributed by atoms with Crippen LogP contribution in [0.1, 0.15) is 105 Å². The van der Waals surface area contributed by atoms with Crippen molar-refractivity contribution in [3.05, 3.63) is 108 Å². The van der Waals surface area contributed by atoms with Crippen LogP contribution in [0, 0.1) is 12.8 Å². The van der Waals surface area contributed by atoms with Gasteiger partial charge in [-0.25, -0.2) is 0 Å². The van der Waals surface area contributed by atoms with E-state index in [0.717, 1.165) is 46.8 Å². The van der Waals surface area contributed by atoms with E-state index >= 15 is 0 Å². The number of aromatic nitrogens is 3. The lowest BCUT2D eigenvalue weighted by molar-refractivity contribution is 0.0923. The van der Waals surface area contributed by atoms with Gasteiger partial charge in [0.2, 0.25) is 5.89 Å². The molecule has 0 radical (unpaired) electrons. The maximum absolute atomic E-state index is 13.6. The van der Waals surface area contributed by atoms with Gasteiger partial charge in [0.25, 0.3) is 5.91 Å². The minimum atomic E-state index is -0.538. The standard InChI is InChI=1S/C40H46N4O4/c1-27-42-39(48-44-27)37(23-29-12-17-33(18-13-29)46-22-8-11-28-9-6-5-7-10-28)43-38(45)36-25-31-24-35(19-14-30(31)26-41-36)47-34-20-15-32(16-21-34)40(2,3)4/h12-21,24-26,28,37H,5-11,22-23H2,1-4H3,(H,43,45)/t37-/m0/s1. The molecule has 5 aromatic rings. The van der Waals surface area contributed by atoms with E-state index in [1.807, 2.05) is 54.6 Å². The van der Waals surface area contributed by atoms with Crippen LogP contribution in [-0.2, 0) is 11.8 Å². The van der Waals surface area contributed by atoms with Crippen LogP contribution in [0.25, 0.3) is 10.8 Å². The molecule has 0 aliphatic heterocycles. The SMILES string of the molecule is Cc1noc([C@H](Cc2ccc(OCCCC3CCCCC3)cc2)NC(=O)c2cc3cc(Oc4ccc(C(C)(C)C)cc4)ccc3cn2)n1. The van der Waals surface area contributed by atoms with Gasteiger partial charge >= 0.3 is 0 Å². The number of fused-ring (bicyclic) bond motifs is 1. The summed E-state index contributed by atoms with van der Waals surface area (Å²) in [6.07, 6.45) is 11.4. The van der Waals surface area contributed by atoms with Gasteiger partial charge in [0.05, 0.1) is 6.61 Å². The lowest BCUT2D eigenvalue weighted by atomic mass is 9.86. The smallest absolute Gasteiger partial charge is 0.270 e. The lowest BCUT2D eigenvalue weighted by Gasteiger charge is -2.21. The number of hydrogen-bond acceptors (Lipinski definition) is 7. The molecule has 1 aliphatic carbocycles. The van der Waals surface area contributed by atoms with Crippen LogP contribution < -0.4 is 14.8 Å². The number of nitrogens with zero attached hydrogens (tertiary/aromatic N) is 3. The third-order valence-corrected chi connectivity index (χ3v) is 9.14. The molecule has 1 amide bonds. The summed E-state index contributed by atoms with van der Waals surface area (Å²) >= 11 is 0. The number of hydrogen-bond donors (Lipinski definition) is 1. The van der Waals surface area contributed by atoms with Crippen LogP contribution in [0.2, 0.25) is 0 Å². The van der Waals surface area contributed by atoms with Crippen molar-refractivity contribution in [2.24, 2.45) is 5.92 Å². The Kier molecular flexibility index (Phi) is 10.4. The van der Waals surface area contributed by atoms with Crippen LogP contribution in [-0.4, -0.2) is 27.6 Å². The molecule has 8 heteroatoms. The van der Waals surface area contributed by atoms with Crippen LogP contribution >= 0.6 is 0 Å². The molecule has 1 saturated carbocycles. The maximum Gasteiger partial charge on any atom is 0.270 e. The number of carbonyl (C=O) groups excluding carboxylic acids is 1. The van der Waals surface area contributed by atoms with Gasteiger partial charge in [0, 0.05) is 18.0 Å². The molecule has 6 rings (SSSR count). The number of carbonyl (C=O) groups is 1. The van der Waals surface area contributed by atoms with Gasteiger partial charge in [-0.1, -0.05) is 82.3 Å². The second-order valence-electron chi connectivity index (χ2n) is 14.0. The first-order valence-corrected chi connectivity index (χ1v) is 17.2. The summed E-state index contributed by atoms with van der Waals surface area (Å²) in [6.45, 7) is 9.05. The summed E-state index contributed by atoms with van der Waals surface area (Å²) in [6, 6.07) is 23.2. The zero-order valence-electron chi connectivity index (χ0n) is 28.5. The number of aryl methyl sites for hydroxylation is 1. The number of nitrogens with one attached hydrogen (secondary N) is 1. The summed E-state index contributed by atoms with van der Waals surface area (Å²) in [4.78, 5) is 22.4. The molecule has 1 atom stereocenters. The normalized spacial score (nSPS) is 14.5. The Morgan fingerprint density at radius 3 is 2.35 bits per heavy atom. The van der Waals surface area contributed by atoms with E-state index in [0.29, 0.717) is 23.9 Å². The Morgan fingerprint density at radius 1 is 0.917 bits per heavy atom. The summed E-state index contributed by atoms with van der Waals surface area (Å²) in [7, 11) is 0. The highest BCUT2D eigenvalue weighted by Crippen LogP contribution is 2.30. The number of rotatable bonds is 12. The monoisotopic (exact) mass is 646 g/mol. The summed E-state index contributed by atoms with van der Waals surface area (Å²) in [5.41, 5.74) is 2.60. The zero-order valence-corrected chi connectivity index (χ0v) is 28.5. The highest BCUT2D eigenvalue weighted by atomic mass is 16.5. The van der Waals surface area contributed by atoms with Gasteiger partial charge in [-0.3, -0.25) is 9.78 Å². The predicted molar refractivity (Wildman–Crippen MR) is 188 cm³/mol. The summed E-state index contributed by atoms with van der Waals surface area (Å²) in [5, 5.41) is 8.79. The Bertz CT molecular complexity index is 1800. The molecule has 48 heavy (non-hydrogen) atoms. The molecule has 0 spiro atoms. The highest BCUT2D eigenvalue weighted by molar-refractivity contribution is 5.96. The minimum Gasteiger partial charge on any atom is -0.494 e. The second kappa shape index (κ2) is 15.0. The highest BCUT2D eigenvalue weighted by Gasteiger charge is 2.23. The van der Waals surface area contributed by atoms with Gasteiger partial charge in [0.1, 0.15) is 29.0 Å². The van der Waals surface area contributed by atoms with E-state index in [4.69, 9.17) is 14.0 Å². The van der Waals surface area contributed by atoms with E-state index in [2.05, 4.69) is 53.3 Å². The van der Waals surface area contributed by atoms with Gasteiger partial charge in [-0.2, -0.15) is 4.98 Å². The minimum absolute atomic E-state index is 0.0690. The second-order valence-corrected chi connectivity index (χ2v) is 14.0. The van der Waals surface area contributed by atoms with E-state index in [1.54, 1.807) is 19.2 Å². The van der Waals surface area contributed by atoms with Crippen molar-refractivity contribution in [3.63, 3.8) is 0 Å². The van der Waals surface area contributed by atoms with E-state index in [1.165, 1.54) is 44.1 Å². The first-order valence-electron chi connectivity index (χ1n) is 17.2. The zero-order chi connectivity index (χ0) is 33.5. The number of pyridine rings is 1. The molecule has 1 fully saturated rings. The first-order chi connectivity index (χ1) is 23.2. The fourth-order valence-corrected chi connectivity index (χ4v) is 6.35. The number of ether oxygens (including phenoxy) is 2. The molecular formula is C40H46N4O4. The van der Waals surface area contributed by atoms with E-state index in [9.17, 15) is 4.79 Å². The number of amides is 1. The van der Waals surface area contributed by atoms with Crippen LogP contribution in [0.15, 0.2) is 83.5 Å². The average molecular weight is 647 g/mol. The van der Waals surface area contributed by atoms with Gasteiger partial charge < -0.3 is 19.3 Å². The molecule has 250 valence electrons. The molecule has 0 bridgehead atoms. The fourth-order valence-electron chi connectivity index (χ4n) is 6.35. The number of benzene rings is 3. The maximum atomic E-state index is 13.6. The molecule has 1 aliphatic rings. The van der Waals surface area contributed by atoms with Crippen LogP contribution in [0.3, 0.4) is 0 Å². The summed E-state index contributed by atoms with van der Waals surface area (Å²) < 4.78 is 17.7. The van der Waals surface area contributed by atoms with Crippen molar-refractivity contribution < 1.29 is 18.8 Å². The Labute approximate surface area is 283 Å². The molecule has 8 nitrogen and oxygen atoms in total. The Balaban J connectivity index is 1.10. The predicted octanol–water partition coefficient (Wildman–Crippen LogP) is 9.47. The van der Waals surface area contributed by atoms with Crippen LogP contribution in [0.4, 0.5) is 0 Å².